The van der Waals surface area contributed by atoms with Crippen LogP contribution in [-0.4, -0.2) is 31.9 Å². The average Bonchev–Trinajstić information content (AvgIpc) is 2.70. The number of carboxylic acid groups (broad SMARTS) is 2. The van der Waals surface area contributed by atoms with Gasteiger partial charge < -0.3 is 10.2 Å². The van der Waals surface area contributed by atoms with E-state index in [2.05, 4.69) is 5.10 Å². The van der Waals surface area contributed by atoms with Gasteiger partial charge >= 0.3 is 11.9 Å². The summed E-state index contributed by atoms with van der Waals surface area (Å²) >= 11 is 11.6. The topological polar surface area (TPSA) is 112 Å². The van der Waals surface area contributed by atoms with Gasteiger partial charge in [0.15, 0.2) is 0 Å². The number of H-pyrrole nitrogens is 1. The van der Waals surface area contributed by atoms with Crippen molar-refractivity contribution in [3.63, 3.8) is 0 Å². The standard InChI is InChI=1S/C11H6Cl2N2O5/c12-4-1-5(10(17)18)9(6(13)2-4)15-8(16)3-7(14-15)11(19)20/h1-3,14H,(H,17,18)(H,19,20). The molecule has 2 aromatic rings. The van der Waals surface area contributed by atoms with Crippen LogP contribution in [0.5, 0.6) is 0 Å². The van der Waals surface area contributed by atoms with Gasteiger partial charge in [-0.2, -0.15) is 0 Å². The van der Waals surface area contributed by atoms with Crippen LogP contribution < -0.4 is 5.56 Å². The van der Waals surface area contributed by atoms with Gasteiger partial charge in [-0.1, -0.05) is 23.2 Å². The summed E-state index contributed by atoms with van der Waals surface area (Å²) in [4.78, 5) is 33.7. The third kappa shape index (κ3) is 2.40. The Kier molecular flexibility index (Phi) is 3.56. The number of benzene rings is 1. The van der Waals surface area contributed by atoms with E-state index in [1.807, 2.05) is 0 Å². The zero-order chi connectivity index (χ0) is 15.0. The largest absolute Gasteiger partial charge is 0.478 e. The lowest BCUT2D eigenvalue weighted by molar-refractivity contribution is 0.0684. The Morgan fingerprint density at radius 3 is 2.25 bits per heavy atom. The fourth-order valence-corrected chi connectivity index (χ4v) is 2.21. The molecular formula is C11H6Cl2N2O5. The molecule has 0 radical (unpaired) electrons. The maximum atomic E-state index is 11.7. The highest BCUT2D eigenvalue weighted by molar-refractivity contribution is 6.36. The van der Waals surface area contributed by atoms with E-state index in [9.17, 15) is 14.4 Å². The Morgan fingerprint density at radius 1 is 1.10 bits per heavy atom. The van der Waals surface area contributed by atoms with Gasteiger partial charge in [-0.25, -0.2) is 14.3 Å². The van der Waals surface area contributed by atoms with Gasteiger partial charge in [-0.3, -0.25) is 9.89 Å². The Hall–Kier alpha value is -2.25. The molecule has 2 rings (SSSR count). The van der Waals surface area contributed by atoms with Crippen molar-refractivity contribution in [2.45, 2.75) is 0 Å². The number of hydrogen-bond acceptors (Lipinski definition) is 3. The van der Waals surface area contributed by atoms with E-state index >= 15 is 0 Å². The average molecular weight is 317 g/mol. The maximum absolute atomic E-state index is 11.7. The predicted molar refractivity (Wildman–Crippen MR) is 70.3 cm³/mol. The molecule has 0 saturated carbocycles. The van der Waals surface area contributed by atoms with Crippen LogP contribution in [-0.2, 0) is 0 Å². The first-order chi connectivity index (χ1) is 9.31. The number of aromatic nitrogens is 2. The molecule has 1 aromatic carbocycles. The van der Waals surface area contributed by atoms with Gasteiger partial charge in [0.25, 0.3) is 5.56 Å². The molecule has 0 bridgehead atoms. The van der Waals surface area contributed by atoms with E-state index in [0.717, 1.165) is 16.8 Å². The molecule has 0 aliphatic heterocycles. The van der Waals surface area contributed by atoms with Crippen LogP contribution in [0.1, 0.15) is 20.8 Å². The molecule has 20 heavy (non-hydrogen) atoms. The van der Waals surface area contributed by atoms with Crippen molar-refractivity contribution in [1.29, 1.82) is 0 Å². The fraction of sp³-hybridized carbons (Fsp3) is 0. The molecule has 0 aliphatic rings. The van der Waals surface area contributed by atoms with E-state index in [1.54, 1.807) is 0 Å². The summed E-state index contributed by atoms with van der Waals surface area (Å²) in [5.41, 5.74) is -1.66. The number of hydrogen-bond donors (Lipinski definition) is 3. The van der Waals surface area contributed by atoms with E-state index in [0.29, 0.717) is 0 Å². The highest BCUT2D eigenvalue weighted by Crippen LogP contribution is 2.27. The van der Waals surface area contributed by atoms with Crippen molar-refractivity contribution in [2.75, 3.05) is 0 Å². The molecule has 9 heteroatoms. The van der Waals surface area contributed by atoms with Gasteiger partial charge in [0.05, 0.1) is 16.3 Å². The highest BCUT2D eigenvalue weighted by atomic mass is 35.5. The van der Waals surface area contributed by atoms with Gasteiger partial charge in [-0.05, 0) is 12.1 Å². The zero-order valence-corrected chi connectivity index (χ0v) is 11.1. The highest BCUT2D eigenvalue weighted by Gasteiger charge is 2.20. The fourth-order valence-electron chi connectivity index (χ4n) is 1.63. The van der Waals surface area contributed by atoms with Crippen LogP contribution in [0.3, 0.4) is 0 Å². The van der Waals surface area contributed by atoms with Crippen LogP contribution in [0, 0.1) is 0 Å². The summed E-state index contributed by atoms with van der Waals surface area (Å²) < 4.78 is 0.742. The first-order valence-corrected chi connectivity index (χ1v) is 5.85. The minimum absolute atomic E-state index is 0.0780. The summed E-state index contributed by atoms with van der Waals surface area (Å²) in [5, 5.41) is 20.2. The van der Waals surface area contributed by atoms with Crippen molar-refractivity contribution >= 4 is 35.1 Å². The number of rotatable bonds is 3. The molecule has 1 aromatic heterocycles. The molecule has 0 amide bonds. The molecule has 3 N–H and O–H groups in total. The molecule has 0 fully saturated rings. The zero-order valence-electron chi connectivity index (χ0n) is 9.55. The quantitative estimate of drug-likeness (QED) is 0.800. The second kappa shape index (κ2) is 5.03. The Morgan fingerprint density at radius 2 is 1.75 bits per heavy atom. The molecular weight excluding hydrogens is 311 g/mol. The smallest absolute Gasteiger partial charge is 0.353 e. The minimum Gasteiger partial charge on any atom is -0.478 e. The van der Waals surface area contributed by atoms with Crippen molar-refractivity contribution < 1.29 is 19.8 Å². The van der Waals surface area contributed by atoms with E-state index in [4.69, 9.17) is 33.4 Å². The lowest BCUT2D eigenvalue weighted by atomic mass is 10.2. The second-order valence-electron chi connectivity index (χ2n) is 3.74. The summed E-state index contributed by atoms with van der Waals surface area (Å²) in [7, 11) is 0. The maximum Gasteiger partial charge on any atom is 0.353 e. The molecule has 0 aliphatic carbocycles. The SMILES string of the molecule is O=C(O)c1cc(=O)n(-c2c(Cl)cc(Cl)cc2C(=O)O)[nH]1. The molecule has 104 valence electrons. The lowest BCUT2D eigenvalue weighted by Crippen LogP contribution is -2.17. The molecule has 0 saturated heterocycles. The Bertz CT molecular complexity index is 778. The number of aromatic amines is 1. The number of nitrogens with zero attached hydrogens (tertiary/aromatic N) is 1. The van der Waals surface area contributed by atoms with Gasteiger partial charge in [-0.15, -0.1) is 0 Å². The number of nitrogens with one attached hydrogen (secondary N) is 1. The number of halogens is 2. The summed E-state index contributed by atoms with van der Waals surface area (Å²) in [6.45, 7) is 0. The first kappa shape index (κ1) is 14.2. The van der Waals surface area contributed by atoms with Crippen LogP contribution in [0.2, 0.25) is 10.0 Å². The summed E-state index contributed by atoms with van der Waals surface area (Å²) in [5.74, 6) is -2.72. The Labute approximate surface area is 121 Å². The van der Waals surface area contributed by atoms with E-state index < -0.39 is 23.2 Å². The molecule has 1 heterocycles. The van der Waals surface area contributed by atoms with Crippen LogP contribution in [0.15, 0.2) is 23.0 Å². The van der Waals surface area contributed by atoms with Crippen molar-refractivity contribution in [3.8, 4) is 5.69 Å². The monoisotopic (exact) mass is 316 g/mol. The van der Waals surface area contributed by atoms with E-state index in [-0.39, 0.29) is 21.3 Å². The minimum atomic E-state index is -1.36. The van der Waals surface area contributed by atoms with Crippen molar-refractivity contribution in [2.24, 2.45) is 0 Å². The van der Waals surface area contributed by atoms with Gasteiger partial charge in [0.2, 0.25) is 0 Å². The number of aromatic carboxylic acids is 2. The van der Waals surface area contributed by atoms with Crippen molar-refractivity contribution in [1.82, 2.24) is 9.78 Å². The lowest BCUT2D eigenvalue weighted by Gasteiger charge is -2.09. The van der Waals surface area contributed by atoms with E-state index in [1.165, 1.54) is 6.07 Å². The normalized spacial score (nSPS) is 10.5. The summed E-state index contributed by atoms with van der Waals surface area (Å²) in [6.07, 6.45) is 0. The molecule has 0 spiro atoms. The first-order valence-electron chi connectivity index (χ1n) is 5.09. The molecule has 0 atom stereocenters. The van der Waals surface area contributed by atoms with Gasteiger partial charge in [0, 0.05) is 11.1 Å². The molecule has 7 nitrogen and oxygen atoms in total. The van der Waals surface area contributed by atoms with Crippen LogP contribution >= 0.6 is 23.2 Å². The third-order valence-corrected chi connectivity index (χ3v) is 2.94. The number of carbonyl (C=O) groups is 2. The molecule has 0 unspecified atom stereocenters. The second-order valence-corrected chi connectivity index (χ2v) is 4.58. The predicted octanol–water partition coefficient (Wildman–Crippen LogP) is 1.87. The third-order valence-electron chi connectivity index (χ3n) is 2.43. The Balaban J connectivity index is 2.79. The van der Waals surface area contributed by atoms with Gasteiger partial charge in [0.1, 0.15) is 5.69 Å². The van der Waals surface area contributed by atoms with Crippen LogP contribution in [0.25, 0.3) is 5.69 Å². The number of carboxylic acids is 2. The van der Waals surface area contributed by atoms with Crippen LogP contribution in [0.4, 0.5) is 0 Å². The van der Waals surface area contributed by atoms with Crippen molar-refractivity contribution in [3.05, 3.63) is 49.9 Å². The summed E-state index contributed by atoms with van der Waals surface area (Å²) in [6, 6.07) is 3.18.